The number of aliphatic carboxylic acids is 1. The molecule has 0 radical (unpaired) electrons. The van der Waals surface area contributed by atoms with Crippen LogP contribution >= 0.6 is 0 Å². The first-order valence-electron chi connectivity index (χ1n) is 21.7. The van der Waals surface area contributed by atoms with Gasteiger partial charge in [-0.3, -0.25) is 9.59 Å². The van der Waals surface area contributed by atoms with Crippen molar-refractivity contribution >= 4 is 17.9 Å². The van der Waals surface area contributed by atoms with E-state index in [1.165, 1.54) is 64.2 Å². The number of carboxylic acid groups (broad SMARTS) is 1. The number of rotatable bonds is 38. The van der Waals surface area contributed by atoms with Gasteiger partial charge >= 0.3 is 17.9 Å². The van der Waals surface area contributed by atoms with Crippen molar-refractivity contribution < 1.29 is 38.2 Å². The van der Waals surface area contributed by atoms with Gasteiger partial charge < -0.3 is 23.8 Å². The second-order valence-electron chi connectivity index (χ2n) is 15.6. The molecule has 0 rings (SSSR count). The Morgan fingerprint density at radius 2 is 1.04 bits per heavy atom. The first kappa shape index (κ1) is 51.3. The van der Waals surface area contributed by atoms with E-state index in [1.807, 2.05) is 21.1 Å². The average molecular weight is 761 g/mol. The number of carbonyl (C=O) groups excluding carboxylic acids is 2. The summed E-state index contributed by atoms with van der Waals surface area (Å²) in [5, 5.41) is 9.60. The number of unbranched alkanes of at least 4 members (excludes halogenated alkanes) is 16. The largest absolute Gasteiger partial charge is 0.477 e. The van der Waals surface area contributed by atoms with Crippen molar-refractivity contribution in [2.45, 2.75) is 187 Å². The zero-order valence-corrected chi connectivity index (χ0v) is 35.4. The molecule has 0 saturated carbocycles. The van der Waals surface area contributed by atoms with Gasteiger partial charge in [0.15, 0.2) is 12.1 Å². The van der Waals surface area contributed by atoms with E-state index in [0.29, 0.717) is 19.3 Å². The number of hydrogen-bond acceptors (Lipinski definition) is 6. The maximum absolute atomic E-state index is 12.7. The van der Waals surface area contributed by atoms with E-state index < -0.39 is 18.1 Å². The molecule has 8 heteroatoms. The van der Waals surface area contributed by atoms with E-state index in [0.717, 1.165) is 77.0 Å². The normalized spacial score (nSPS) is 13.4. The Morgan fingerprint density at radius 3 is 1.54 bits per heavy atom. The van der Waals surface area contributed by atoms with Gasteiger partial charge in [0.05, 0.1) is 34.4 Å². The molecule has 0 saturated heterocycles. The number of carboxylic acids is 1. The van der Waals surface area contributed by atoms with Crippen LogP contribution in [0.1, 0.15) is 174 Å². The van der Waals surface area contributed by atoms with Crippen molar-refractivity contribution in [2.24, 2.45) is 0 Å². The zero-order valence-electron chi connectivity index (χ0n) is 35.4. The number of allylic oxidation sites excluding steroid dienone is 8. The molecule has 0 aromatic rings. The van der Waals surface area contributed by atoms with E-state index in [-0.39, 0.29) is 36.2 Å². The molecule has 312 valence electrons. The van der Waals surface area contributed by atoms with Crippen molar-refractivity contribution in [3.63, 3.8) is 0 Å². The van der Waals surface area contributed by atoms with Crippen LogP contribution in [0.3, 0.4) is 0 Å². The van der Waals surface area contributed by atoms with Crippen LogP contribution in [0.4, 0.5) is 0 Å². The first-order chi connectivity index (χ1) is 26.1. The summed E-state index contributed by atoms with van der Waals surface area (Å²) < 4.78 is 17.2. The molecule has 0 aromatic carbocycles. The van der Waals surface area contributed by atoms with Gasteiger partial charge in [-0.15, -0.1) is 0 Å². The van der Waals surface area contributed by atoms with Crippen molar-refractivity contribution in [1.82, 2.24) is 0 Å². The third-order valence-corrected chi connectivity index (χ3v) is 9.49. The van der Waals surface area contributed by atoms with Crippen LogP contribution in [-0.2, 0) is 28.6 Å². The molecule has 2 unspecified atom stereocenters. The molecule has 0 bridgehead atoms. The fourth-order valence-corrected chi connectivity index (χ4v) is 6.14. The highest BCUT2D eigenvalue weighted by Crippen LogP contribution is 2.14. The van der Waals surface area contributed by atoms with Crippen LogP contribution in [0.25, 0.3) is 0 Å². The molecule has 0 heterocycles. The predicted octanol–water partition coefficient (Wildman–Crippen LogP) is 11.6. The molecule has 0 spiro atoms. The summed E-state index contributed by atoms with van der Waals surface area (Å²) in [5.74, 6) is -1.49. The van der Waals surface area contributed by atoms with Gasteiger partial charge in [0.25, 0.3) is 0 Å². The second kappa shape index (κ2) is 37.2. The summed E-state index contributed by atoms with van der Waals surface area (Å²) in [7, 11) is 5.52. The third kappa shape index (κ3) is 35.0. The lowest BCUT2D eigenvalue weighted by Gasteiger charge is -2.31. The number of esters is 2. The summed E-state index contributed by atoms with van der Waals surface area (Å²) in [4.78, 5) is 36.9. The molecule has 2 atom stereocenters. The minimum absolute atomic E-state index is 0.0572. The Morgan fingerprint density at radius 1 is 0.574 bits per heavy atom. The number of likely N-dealkylation sites (N-methyl/N-ethyl adjacent to an activating group) is 1. The van der Waals surface area contributed by atoms with Crippen LogP contribution in [0.5, 0.6) is 0 Å². The minimum atomic E-state index is -0.878. The van der Waals surface area contributed by atoms with Gasteiger partial charge in [0.1, 0.15) is 6.61 Å². The molecule has 54 heavy (non-hydrogen) atoms. The van der Waals surface area contributed by atoms with Crippen LogP contribution in [0.15, 0.2) is 48.6 Å². The number of carbonyl (C=O) groups is 3. The maximum Gasteiger partial charge on any atom is 0.362 e. The van der Waals surface area contributed by atoms with Gasteiger partial charge in [-0.25, -0.2) is 4.79 Å². The number of hydrogen-bond donors (Lipinski definition) is 1. The summed E-state index contributed by atoms with van der Waals surface area (Å²) in [6.45, 7) is 4.60. The number of ether oxygens (including phenoxy) is 3. The minimum Gasteiger partial charge on any atom is -0.477 e. The highest BCUT2D eigenvalue weighted by Gasteiger charge is 2.31. The molecule has 0 fully saturated rings. The molecule has 0 aliphatic carbocycles. The Labute approximate surface area is 331 Å². The highest BCUT2D eigenvalue weighted by atomic mass is 16.6. The van der Waals surface area contributed by atoms with Gasteiger partial charge in [-0.05, 0) is 51.4 Å². The summed E-state index contributed by atoms with van der Waals surface area (Å²) in [6.07, 6.45) is 42.9. The van der Waals surface area contributed by atoms with E-state index in [2.05, 4.69) is 62.5 Å². The second-order valence-corrected chi connectivity index (χ2v) is 15.6. The SMILES string of the molecule is CC/C=C/C/C=C/C/C=C/C/C=C/CCCCCCCCC(=O)OCC(COCCC(C(=O)O)[N+](C)(C)C)OC(=O)CCCCCCCCCCCCC. The molecule has 8 nitrogen and oxygen atoms in total. The average Bonchev–Trinajstić information content (AvgIpc) is 3.12. The molecule has 0 aliphatic heterocycles. The van der Waals surface area contributed by atoms with Gasteiger partial charge in [-0.1, -0.05) is 152 Å². The Balaban J connectivity index is 4.33. The maximum atomic E-state index is 12.7. The zero-order chi connectivity index (χ0) is 40.0. The Kier molecular flexibility index (Phi) is 35.4. The van der Waals surface area contributed by atoms with Gasteiger partial charge in [0, 0.05) is 19.3 Å². The van der Waals surface area contributed by atoms with Crippen LogP contribution in [0, 0.1) is 0 Å². The lowest BCUT2D eigenvalue weighted by Crippen LogP contribution is -2.50. The van der Waals surface area contributed by atoms with Gasteiger partial charge in [0.2, 0.25) is 0 Å². The van der Waals surface area contributed by atoms with E-state index in [1.54, 1.807) is 0 Å². The topological polar surface area (TPSA) is 99.1 Å². The molecular formula is C46H82NO7+. The van der Waals surface area contributed by atoms with Gasteiger partial charge in [-0.2, -0.15) is 0 Å². The molecule has 0 aromatic heterocycles. The summed E-state index contributed by atoms with van der Waals surface area (Å²) in [5.41, 5.74) is 0. The third-order valence-electron chi connectivity index (χ3n) is 9.49. The van der Waals surface area contributed by atoms with Crippen molar-refractivity contribution in [3.05, 3.63) is 48.6 Å². The van der Waals surface area contributed by atoms with Crippen LogP contribution < -0.4 is 0 Å². The smallest absolute Gasteiger partial charge is 0.362 e. The quantitative estimate of drug-likeness (QED) is 0.0289. The molecule has 0 amide bonds. The molecule has 0 aliphatic rings. The molecular weight excluding hydrogens is 679 g/mol. The number of nitrogens with zero attached hydrogens (tertiary/aromatic N) is 1. The number of quaternary nitrogens is 1. The van der Waals surface area contributed by atoms with E-state index in [9.17, 15) is 19.5 Å². The lowest BCUT2D eigenvalue weighted by molar-refractivity contribution is -0.887. The standard InChI is InChI=1S/C46H81NO7/c1-6-8-10-12-14-16-18-19-20-21-22-23-24-25-27-28-30-32-34-36-44(48)53-41-42(40-52-39-38-43(46(50)51)47(3,4)5)54-45(49)37-35-33-31-29-26-17-15-13-11-9-7-2/h8,10,14,16,19-20,22-23,42-43H,6-7,9,11-13,15,17-18,21,24-41H2,1-5H3/p+1/b10-8+,16-14+,20-19+,23-22+. The van der Waals surface area contributed by atoms with Crippen molar-refractivity contribution in [2.75, 3.05) is 41.0 Å². The predicted molar refractivity (Wildman–Crippen MR) is 224 cm³/mol. The lowest BCUT2D eigenvalue weighted by atomic mass is 10.1. The van der Waals surface area contributed by atoms with Crippen molar-refractivity contribution in [3.8, 4) is 0 Å². The highest BCUT2D eigenvalue weighted by molar-refractivity contribution is 5.72. The van der Waals surface area contributed by atoms with E-state index >= 15 is 0 Å². The van der Waals surface area contributed by atoms with Crippen molar-refractivity contribution in [1.29, 1.82) is 0 Å². The fraction of sp³-hybridized carbons (Fsp3) is 0.761. The van der Waals surface area contributed by atoms with E-state index in [4.69, 9.17) is 14.2 Å². The Hall–Kier alpha value is -2.71. The van der Waals surface area contributed by atoms with Crippen LogP contribution in [0.2, 0.25) is 0 Å². The molecule has 1 N–H and O–H groups in total. The van der Waals surface area contributed by atoms with Crippen LogP contribution in [-0.4, -0.2) is 80.6 Å². The summed E-state index contributed by atoms with van der Waals surface area (Å²) in [6, 6.07) is -0.615. The first-order valence-corrected chi connectivity index (χ1v) is 21.7. The Bertz CT molecular complexity index is 1030. The monoisotopic (exact) mass is 761 g/mol. The fourth-order valence-electron chi connectivity index (χ4n) is 6.14. The summed E-state index contributed by atoms with van der Waals surface area (Å²) >= 11 is 0.